The molecule has 0 unspecified atom stereocenters. The molecule has 0 aliphatic carbocycles. The normalized spacial score (nSPS) is 13.8. The summed E-state index contributed by atoms with van der Waals surface area (Å²) in [7, 11) is 0. The van der Waals surface area contributed by atoms with Gasteiger partial charge in [0.1, 0.15) is 23.0 Å². The number of benzene rings is 5. The highest BCUT2D eigenvalue weighted by atomic mass is 16.5. The number of ether oxygens (including phenoxy) is 2. The molecule has 0 atom stereocenters. The van der Waals surface area contributed by atoms with Crippen molar-refractivity contribution < 1.29 is 28.7 Å². The summed E-state index contributed by atoms with van der Waals surface area (Å²) in [6, 6.07) is 33.8. The number of imide groups is 2. The van der Waals surface area contributed by atoms with Crippen LogP contribution in [0.15, 0.2) is 121 Å². The van der Waals surface area contributed by atoms with Crippen LogP contribution in [0.4, 0.5) is 11.4 Å². The van der Waals surface area contributed by atoms with Crippen LogP contribution in [0, 0.1) is 0 Å². The van der Waals surface area contributed by atoms with Crippen LogP contribution in [0.3, 0.4) is 0 Å². The molecule has 42 heavy (non-hydrogen) atoms. The fourth-order valence-corrected chi connectivity index (χ4v) is 5.09. The number of hydrogen-bond donors (Lipinski definition) is 0. The lowest BCUT2D eigenvalue weighted by molar-refractivity contribution is 0.0910. The average Bonchev–Trinajstić information content (AvgIpc) is 3.42. The van der Waals surface area contributed by atoms with Crippen molar-refractivity contribution in [2.75, 3.05) is 9.80 Å². The van der Waals surface area contributed by atoms with Gasteiger partial charge in [-0.2, -0.15) is 0 Å². The quantitative estimate of drug-likeness (QED) is 0.213. The largest absolute Gasteiger partial charge is 0.457 e. The molecule has 5 aromatic rings. The topological polar surface area (TPSA) is 93.2 Å². The molecule has 0 fully saturated rings. The van der Waals surface area contributed by atoms with Gasteiger partial charge in [0.25, 0.3) is 23.6 Å². The van der Waals surface area contributed by atoms with Crippen molar-refractivity contribution in [2.45, 2.75) is 0 Å². The number of hydrogen-bond acceptors (Lipinski definition) is 6. The fraction of sp³-hybridized carbons (Fsp3) is 0. The zero-order valence-corrected chi connectivity index (χ0v) is 21.9. The van der Waals surface area contributed by atoms with Crippen molar-refractivity contribution in [1.82, 2.24) is 0 Å². The van der Waals surface area contributed by atoms with Gasteiger partial charge in [-0.1, -0.05) is 42.5 Å². The molecule has 8 heteroatoms. The Balaban J connectivity index is 1.09. The van der Waals surface area contributed by atoms with Crippen molar-refractivity contribution in [1.29, 1.82) is 0 Å². The average molecular weight is 553 g/mol. The van der Waals surface area contributed by atoms with E-state index >= 15 is 0 Å². The highest BCUT2D eigenvalue weighted by molar-refractivity contribution is 6.35. The summed E-state index contributed by atoms with van der Waals surface area (Å²) in [5.74, 6) is 0.242. The molecule has 7 rings (SSSR count). The fourth-order valence-electron chi connectivity index (χ4n) is 5.09. The van der Waals surface area contributed by atoms with Gasteiger partial charge in [0.2, 0.25) is 0 Å². The second kappa shape index (κ2) is 9.87. The molecule has 8 nitrogen and oxygen atoms in total. The van der Waals surface area contributed by atoms with Gasteiger partial charge in [-0.05, 0) is 60.7 Å². The third-order valence-corrected chi connectivity index (χ3v) is 7.02. The van der Waals surface area contributed by atoms with E-state index in [2.05, 4.69) is 0 Å². The third-order valence-electron chi connectivity index (χ3n) is 7.02. The number of carbonyl (C=O) groups is 4. The maximum absolute atomic E-state index is 12.9. The molecular weight excluding hydrogens is 532 g/mol. The third kappa shape index (κ3) is 4.18. The van der Waals surface area contributed by atoms with Crippen molar-refractivity contribution in [3.63, 3.8) is 0 Å². The predicted molar refractivity (Wildman–Crippen MR) is 155 cm³/mol. The summed E-state index contributed by atoms with van der Waals surface area (Å²) in [6.07, 6.45) is 0. The molecule has 5 aromatic carbocycles. The molecule has 0 N–H and O–H groups in total. The van der Waals surface area contributed by atoms with Crippen LogP contribution in [0.2, 0.25) is 0 Å². The molecule has 0 spiro atoms. The summed E-state index contributed by atoms with van der Waals surface area (Å²) in [5, 5.41) is 0. The Morgan fingerprint density at radius 3 is 1.02 bits per heavy atom. The van der Waals surface area contributed by atoms with E-state index in [-0.39, 0.29) is 23.6 Å². The van der Waals surface area contributed by atoms with Crippen LogP contribution in [0.25, 0.3) is 0 Å². The Hall–Kier alpha value is -6.02. The number of fused-ring (bicyclic) bond motifs is 2. The van der Waals surface area contributed by atoms with Crippen LogP contribution < -0.4 is 19.3 Å². The molecule has 0 bridgehead atoms. The Kier molecular flexibility index (Phi) is 5.87. The smallest absolute Gasteiger partial charge is 0.266 e. The first-order chi connectivity index (χ1) is 20.5. The van der Waals surface area contributed by atoms with Gasteiger partial charge in [0.15, 0.2) is 0 Å². The zero-order chi connectivity index (χ0) is 28.8. The molecule has 4 amide bonds. The van der Waals surface area contributed by atoms with Gasteiger partial charge in [-0.3, -0.25) is 19.2 Å². The number of amides is 4. The molecule has 0 radical (unpaired) electrons. The minimum Gasteiger partial charge on any atom is -0.457 e. The van der Waals surface area contributed by atoms with E-state index in [9.17, 15) is 19.2 Å². The second-order valence-electron chi connectivity index (χ2n) is 9.66. The van der Waals surface area contributed by atoms with Crippen LogP contribution in [0.1, 0.15) is 41.4 Å². The Bertz CT molecular complexity index is 1740. The summed E-state index contributed by atoms with van der Waals surface area (Å²) < 4.78 is 12.1. The van der Waals surface area contributed by atoms with Crippen LogP contribution in [-0.4, -0.2) is 23.6 Å². The van der Waals surface area contributed by atoms with Crippen molar-refractivity contribution in [3.8, 4) is 23.0 Å². The summed E-state index contributed by atoms with van der Waals surface area (Å²) in [5.41, 5.74) is 2.26. The van der Waals surface area contributed by atoms with Gasteiger partial charge in [-0.25, -0.2) is 9.80 Å². The highest BCUT2D eigenvalue weighted by Crippen LogP contribution is 2.35. The SMILES string of the molecule is O=C1c2ccccc2C(=O)N1c1cccc(Oc2cccc(Oc3cccc(N4C(=O)c5ccccc5C4=O)c3)c2)c1. The van der Waals surface area contributed by atoms with E-state index in [0.29, 0.717) is 56.6 Å². The number of anilines is 2. The maximum atomic E-state index is 12.9. The lowest BCUT2D eigenvalue weighted by atomic mass is 10.1. The van der Waals surface area contributed by atoms with Gasteiger partial charge >= 0.3 is 0 Å². The summed E-state index contributed by atoms with van der Waals surface area (Å²) in [6.45, 7) is 0. The van der Waals surface area contributed by atoms with Gasteiger partial charge in [-0.15, -0.1) is 0 Å². The monoisotopic (exact) mass is 552 g/mol. The molecule has 0 aromatic heterocycles. The Morgan fingerprint density at radius 1 is 0.357 bits per heavy atom. The predicted octanol–water partition coefficient (Wildman–Crippen LogP) is 6.87. The van der Waals surface area contributed by atoms with Crippen molar-refractivity contribution in [3.05, 3.63) is 144 Å². The van der Waals surface area contributed by atoms with E-state index in [4.69, 9.17) is 9.47 Å². The number of carbonyl (C=O) groups excluding carboxylic acids is 4. The van der Waals surface area contributed by atoms with Crippen LogP contribution >= 0.6 is 0 Å². The highest BCUT2D eigenvalue weighted by Gasteiger charge is 2.37. The Labute approximate surface area is 240 Å². The van der Waals surface area contributed by atoms with E-state index in [0.717, 1.165) is 9.80 Å². The van der Waals surface area contributed by atoms with Crippen molar-refractivity contribution >= 4 is 35.0 Å². The van der Waals surface area contributed by atoms with E-state index in [1.54, 1.807) is 121 Å². The van der Waals surface area contributed by atoms with E-state index < -0.39 is 0 Å². The van der Waals surface area contributed by atoms with Gasteiger partial charge in [0.05, 0.1) is 33.6 Å². The van der Waals surface area contributed by atoms with E-state index in [1.807, 2.05) is 0 Å². The number of nitrogens with zero attached hydrogens (tertiary/aromatic N) is 2. The minimum absolute atomic E-state index is 0.366. The first-order valence-electron chi connectivity index (χ1n) is 13.1. The second-order valence-corrected chi connectivity index (χ2v) is 9.66. The minimum atomic E-state index is -0.383. The van der Waals surface area contributed by atoms with E-state index in [1.165, 1.54) is 0 Å². The first-order valence-corrected chi connectivity index (χ1v) is 13.1. The van der Waals surface area contributed by atoms with Gasteiger partial charge in [0, 0.05) is 18.2 Å². The van der Waals surface area contributed by atoms with Crippen LogP contribution in [0.5, 0.6) is 23.0 Å². The maximum Gasteiger partial charge on any atom is 0.266 e. The van der Waals surface area contributed by atoms with Crippen molar-refractivity contribution in [2.24, 2.45) is 0 Å². The molecule has 202 valence electrons. The Morgan fingerprint density at radius 2 is 0.667 bits per heavy atom. The van der Waals surface area contributed by atoms with Gasteiger partial charge < -0.3 is 9.47 Å². The first kappa shape index (κ1) is 25.0. The molecule has 2 heterocycles. The molecule has 0 saturated carbocycles. The lowest BCUT2D eigenvalue weighted by Gasteiger charge is -2.16. The summed E-state index contributed by atoms with van der Waals surface area (Å²) >= 11 is 0. The molecule has 2 aliphatic heterocycles. The molecule has 2 aliphatic rings. The molecule has 0 saturated heterocycles. The zero-order valence-electron chi connectivity index (χ0n) is 21.9. The summed E-state index contributed by atoms with van der Waals surface area (Å²) in [4.78, 5) is 53.9. The lowest BCUT2D eigenvalue weighted by Crippen LogP contribution is -2.29. The standard InChI is InChI=1S/C34H20N2O6/c37-31-27-14-1-2-15-28(27)32(38)35(31)21-8-5-10-23(18-21)41-25-12-7-13-26(20-25)42-24-11-6-9-22(19-24)36-33(39)29-16-3-4-17-30(29)34(36)40/h1-20H. The van der Waals surface area contributed by atoms with Crippen LogP contribution in [-0.2, 0) is 0 Å². The number of rotatable bonds is 6. The molecular formula is C34H20N2O6.